The number of Topliss-reactive ketones (excluding diaryl/α,β-unsaturated/α-hetero) is 1. The van der Waals surface area contributed by atoms with Gasteiger partial charge in [-0.05, 0) is 41.0 Å². The van der Waals surface area contributed by atoms with Crippen molar-refractivity contribution in [2.24, 2.45) is 7.05 Å². The molecule has 0 amide bonds. The number of halogens is 1. The molecule has 0 atom stereocenters. The number of benzene rings is 1. The molecule has 3 heterocycles. The van der Waals surface area contributed by atoms with Gasteiger partial charge in [0.05, 0.1) is 13.1 Å². The lowest BCUT2D eigenvalue weighted by Crippen LogP contribution is -2.41. The highest BCUT2D eigenvalue weighted by molar-refractivity contribution is 9.10. The fourth-order valence-corrected chi connectivity index (χ4v) is 5.24. The van der Waals surface area contributed by atoms with Crippen LogP contribution >= 0.6 is 15.9 Å². The Labute approximate surface area is 226 Å². The van der Waals surface area contributed by atoms with E-state index in [2.05, 4.69) is 52.4 Å². The molecule has 0 radical (unpaired) electrons. The van der Waals surface area contributed by atoms with Gasteiger partial charge in [0.1, 0.15) is 12.2 Å². The Hall–Kier alpha value is -3.47. The number of ether oxygens (including phenoxy) is 1. The van der Waals surface area contributed by atoms with E-state index in [9.17, 15) is 19.2 Å². The molecule has 0 saturated carbocycles. The monoisotopic (exact) mass is 601 g/mol. The lowest BCUT2D eigenvalue weighted by Gasteiger charge is -2.15. The molecule has 0 aliphatic rings. The van der Waals surface area contributed by atoms with Gasteiger partial charge < -0.3 is 13.7 Å². The third-order valence-corrected chi connectivity index (χ3v) is 8.41. The molecule has 13 heteroatoms. The minimum absolute atomic E-state index is 0.0834. The summed E-state index contributed by atoms with van der Waals surface area (Å²) < 4.78 is 16.3. The maximum Gasteiger partial charge on any atom is 0.421 e. The van der Waals surface area contributed by atoms with Crippen LogP contribution < -0.4 is 17.0 Å². The van der Waals surface area contributed by atoms with E-state index < -0.39 is 37.4 Å². The Morgan fingerprint density at radius 3 is 2.55 bits per heavy atom. The molecule has 0 fully saturated rings. The number of oxazole rings is 1. The van der Waals surface area contributed by atoms with Crippen molar-refractivity contribution >= 4 is 52.1 Å². The third-order valence-electron chi connectivity index (χ3n) is 6.11. The van der Waals surface area contributed by atoms with Gasteiger partial charge in [-0.3, -0.25) is 18.7 Å². The summed E-state index contributed by atoms with van der Waals surface area (Å²) in [6.07, 6.45) is 0. The number of carbonyl (C=O) groups is 1. The predicted molar refractivity (Wildman–Crippen MR) is 149 cm³/mol. The number of nitrogens with zero attached hydrogens (tertiary/aromatic N) is 5. The highest BCUT2D eigenvalue weighted by Crippen LogP contribution is 2.20. The Balaban J connectivity index is 1.75. The first-order chi connectivity index (χ1) is 17.9. The number of hydrogen-bond acceptors (Lipinski definition) is 7. The second-order valence-corrected chi connectivity index (χ2v) is 16.3. The van der Waals surface area contributed by atoms with Crippen LogP contribution in [0, 0.1) is 11.8 Å². The van der Waals surface area contributed by atoms with Gasteiger partial charge >= 0.3 is 11.4 Å². The van der Waals surface area contributed by atoms with Gasteiger partial charge in [-0.25, -0.2) is 19.1 Å². The summed E-state index contributed by atoms with van der Waals surface area (Å²) in [6, 6.07) is 5.60. The summed E-state index contributed by atoms with van der Waals surface area (Å²) in [5, 5.41) is 0. The Bertz CT molecular complexity index is 1790. The first-order valence-corrected chi connectivity index (χ1v) is 16.4. The summed E-state index contributed by atoms with van der Waals surface area (Å²) in [5.74, 6) is 4.45. The highest BCUT2D eigenvalue weighted by atomic mass is 79.9. The molecule has 0 aliphatic heterocycles. The van der Waals surface area contributed by atoms with E-state index in [4.69, 9.17) is 9.15 Å². The first kappa shape index (κ1) is 27.6. The number of aryl methyl sites for hydroxylation is 1. The molecule has 11 nitrogen and oxygen atoms in total. The molecule has 0 spiro atoms. The van der Waals surface area contributed by atoms with Crippen LogP contribution in [0.25, 0.3) is 22.3 Å². The third kappa shape index (κ3) is 5.24. The van der Waals surface area contributed by atoms with E-state index in [1.54, 1.807) is 23.6 Å². The van der Waals surface area contributed by atoms with E-state index in [1.807, 2.05) is 0 Å². The lowest BCUT2D eigenvalue weighted by molar-refractivity contribution is 0.0847. The fourth-order valence-electron chi connectivity index (χ4n) is 4.02. The normalized spacial score (nSPS) is 11.7. The van der Waals surface area contributed by atoms with Crippen molar-refractivity contribution in [2.75, 3.05) is 6.61 Å². The number of imidazole rings is 1. The summed E-state index contributed by atoms with van der Waals surface area (Å²) in [4.78, 5) is 56.9. The van der Waals surface area contributed by atoms with Crippen LogP contribution in [0.15, 0.2) is 41.7 Å². The van der Waals surface area contributed by atoms with Crippen LogP contribution in [0.5, 0.6) is 0 Å². The van der Waals surface area contributed by atoms with Gasteiger partial charge in [-0.15, -0.1) is 5.92 Å². The molecule has 0 N–H and O–H groups in total. The fraction of sp³-hybridized carbons (Fsp3) is 0.400. The molecule has 4 rings (SSSR count). The molecule has 0 unspecified atom stereocenters. The number of aromatic nitrogens is 5. The van der Waals surface area contributed by atoms with E-state index in [-0.39, 0.29) is 41.1 Å². The van der Waals surface area contributed by atoms with Crippen molar-refractivity contribution in [3.8, 4) is 11.8 Å². The quantitative estimate of drug-likeness (QED) is 0.0949. The van der Waals surface area contributed by atoms with Crippen molar-refractivity contribution in [3.63, 3.8) is 0 Å². The van der Waals surface area contributed by atoms with E-state index in [0.29, 0.717) is 11.3 Å². The van der Waals surface area contributed by atoms with Crippen LogP contribution in [0.3, 0.4) is 0 Å². The van der Waals surface area contributed by atoms with Gasteiger partial charge in [0, 0.05) is 27.3 Å². The zero-order valence-corrected chi connectivity index (χ0v) is 24.4. The second kappa shape index (κ2) is 10.7. The van der Waals surface area contributed by atoms with Gasteiger partial charge in [-0.1, -0.05) is 31.6 Å². The van der Waals surface area contributed by atoms with Crippen molar-refractivity contribution in [2.45, 2.75) is 52.4 Å². The lowest BCUT2D eigenvalue weighted by atomic mass is 10.1. The van der Waals surface area contributed by atoms with Crippen LogP contribution in [0.1, 0.15) is 17.3 Å². The minimum Gasteiger partial charge on any atom is -0.408 e. The van der Waals surface area contributed by atoms with Crippen LogP contribution in [0.2, 0.25) is 25.7 Å². The Morgan fingerprint density at radius 1 is 1.13 bits per heavy atom. The molecule has 38 heavy (non-hydrogen) atoms. The largest absolute Gasteiger partial charge is 0.421 e. The summed E-state index contributed by atoms with van der Waals surface area (Å²) in [7, 11) is 0.144. The number of ketones is 1. The van der Waals surface area contributed by atoms with Crippen molar-refractivity contribution in [3.05, 3.63) is 59.9 Å². The predicted octanol–water partition coefficient (Wildman–Crippen LogP) is 2.79. The maximum atomic E-state index is 13.5. The highest BCUT2D eigenvalue weighted by Gasteiger charge is 2.23. The van der Waals surface area contributed by atoms with E-state index in [1.165, 1.54) is 22.2 Å². The average Bonchev–Trinajstić information content (AvgIpc) is 3.36. The van der Waals surface area contributed by atoms with Crippen LogP contribution in [-0.4, -0.2) is 43.7 Å². The molecule has 0 aliphatic carbocycles. The van der Waals surface area contributed by atoms with E-state index >= 15 is 0 Å². The van der Waals surface area contributed by atoms with E-state index in [0.717, 1.165) is 10.6 Å². The molecule has 0 bridgehead atoms. The van der Waals surface area contributed by atoms with Crippen LogP contribution in [-0.2, 0) is 31.6 Å². The number of para-hydroxylation sites is 1. The molecule has 1 aromatic carbocycles. The maximum absolute atomic E-state index is 13.5. The Morgan fingerprint density at radius 2 is 1.87 bits per heavy atom. The molecule has 4 aromatic rings. The van der Waals surface area contributed by atoms with Gasteiger partial charge in [0.15, 0.2) is 27.3 Å². The summed E-state index contributed by atoms with van der Waals surface area (Å²) in [6.45, 7) is 8.36. The van der Waals surface area contributed by atoms with Crippen molar-refractivity contribution < 1.29 is 13.9 Å². The number of rotatable bonds is 9. The minimum atomic E-state index is -1.33. The Kier molecular flexibility index (Phi) is 7.77. The van der Waals surface area contributed by atoms with Crippen LogP contribution in [0.4, 0.5) is 0 Å². The number of fused-ring (bicyclic) bond motifs is 2. The molecule has 200 valence electrons. The zero-order valence-electron chi connectivity index (χ0n) is 21.8. The first-order valence-electron chi connectivity index (χ1n) is 11.9. The number of carbonyl (C=O) groups excluding carboxylic acids is 1. The molecular formula is C25H28BrN5O6Si. The smallest absolute Gasteiger partial charge is 0.408 e. The standard InChI is InChI=1S/C25H28BrN5O6Si/c1-6-7-11-29-20-21(27-23(29)26)28(2)24(34)30(22(20)33)14-17(32)16-9-8-10-18-19(16)31(25(35)37-18)15-36-12-13-38(3,4)5/h8-10H,11-15H2,1-5H3. The van der Waals surface area contributed by atoms with Crippen molar-refractivity contribution in [1.29, 1.82) is 0 Å². The molecule has 3 aromatic heterocycles. The SMILES string of the molecule is CC#CCn1c(Br)nc2c1c(=O)n(CC(=O)c1cccc3oc(=O)n(COCC[Si](C)(C)C)c13)c(=O)n2C. The zero-order chi connectivity index (χ0) is 27.8. The van der Waals surface area contributed by atoms with Gasteiger partial charge in [0.2, 0.25) is 0 Å². The molecular weight excluding hydrogens is 574 g/mol. The van der Waals surface area contributed by atoms with Gasteiger partial charge in [0.25, 0.3) is 5.56 Å². The summed E-state index contributed by atoms with van der Waals surface area (Å²) >= 11 is 3.32. The summed E-state index contributed by atoms with van der Waals surface area (Å²) in [5.41, 5.74) is -0.431. The second-order valence-electron chi connectivity index (χ2n) is 10.0. The topological polar surface area (TPSA) is 123 Å². The molecule has 0 saturated heterocycles. The number of hydrogen-bond donors (Lipinski definition) is 0. The van der Waals surface area contributed by atoms with Gasteiger partial charge in [-0.2, -0.15) is 0 Å². The average molecular weight is 603 g/mol. The van der Waals surface area contributed by atoms with Crippen molar-refractivity contribution in [1.82, 2.24) is 23.3 Å².